The van der Waals surface area contributed by atoms with Crippen LogP contribution >= 0.6 is 0 Å². The van der Waals surface area contributed by atoms with Gasteiger partial charge in [0.05, 0.1) is 12.7 Å². The number of furan rings is 1. The standard InChI is InChI=1S/C11H16O3/c1-11(2,3)8(7-10(12)13)9-5-4-6-14-9/h4-6,8H,7H2,1-3H3,(H,12,13). The van der Waals surface area contributed by atoms with Crippen molar-refractivity contribution in [2.75, 3.05) is 0 Å². The van der Waals surface area contributed by atoms with E-state index in [1.165, 1.54) is 0 Å². The van der Waals surface area contributed by atoms with E-state index < -0.39 is 5.97 Å². The van der Waals surface area contributed by atoms with Crippen molar-refractivity contribution in [2.45, 2.75) is 33.1 Å². The summed E-state index contributed by atoms with van der Waals surface area (Å²) in [6, 6.07) is 3.62. The third-order valence-electron chi connectivity index (χ3n) is 2.31. The van der Waals surface area contributed by atoms with Gasteiger partial charge >= 0.3 is 5.97 Å². The van der Waals surface area contributed by atoms with E-state index in [4.69, 9.17) is 9.52 Å². The molecule has 14 heavy (non-hydrogen) atoms. The molecule has 1 aromatic heterocycles. The minimum absolute atomic E-state index is 0.0741. The Bertz CT molecular complexity index is 293. The lowest BCUT2D eigenvalue weighted by molar-refractivity contribution is -0.138. The Morgan fingerprint density at radius 3 is 2.57 bits per heavy atom. The second-order valence-corrected chi connectivity index (χ2v) is 4.53. The average molecular weight is 196 g/mol. The number of aliphatic carboxylic acids is 1. The van der Waals surface area contributed by atoms with Gasteiger partial charge in [-0.2, -0.15) is 0 Å². The van der Waals surface area contributed by atoms with E-state index in [9.17, 15) is 4.79 Å². The van der Waals surface area contributed by atoms with Crippen molar-refractivity contribution in [3.63, 3.8) is 0 Å². The zero-order valence-electron chi connectivity index (χ0n) is 8.78. The smallest absolute Gasteiger partial charge is 0.304 e. The predicted molar refractivity (Wildman–Crippen MR) is 53.2 cm³/mol. The van der Waals surface area contributed by atoms with Gasteiger partial charge in [0.15, 0.2) is 0 Å². The maximum absolute atomic E-state index is 10.7. The molecule has 0 saturated heterocycles. The fraction of sp³-hybridized carbons (Fsp3) is 0.545. The molecule has 0 amide bonds. The van der Waals surface area contributed by atoms with Gasteiger partial charge in [0.25, 0.3) is 0 Å². The number of hydrogen-bond acceptors (Lipinski definition) is 2. The number of carboxylic acid groups (broad SMARTS) is 1. The number of hydrogen-bond donors (Lipinski definition) is 1. The first-order valence-corrected chi connectivity index (χ1v) is 4.66. The Hall–Kier alpha value is -1.25. The van der Waals surface area contributed by atoms with Crippen LogP contribution in [0.4, 0.5) is 0 Å². The van der Waals surface area contributed by atoms with Crippen molar-refractivity contribution >= 4 is 5.97 Å². The molecule has 1 heterocycles. The van der Waals surface area contributed by atoms with Crippen LogP contribution in [0, 0.1) is 5.41 Å². The van der Waals surface area contributed by atoms with Crippen LogP contribution < -0.4 is 0 Å². The van der Waals surface area contributed by atoms with Gasteiger partial charge in [-0.3, -0.25) is 4.79 Å². The number of carbonyl (C=O) groups is 1. The van der Waals surface area contributed by atoms with Gasteiger partial charge in [0.2, 0.25) is 0 Å². The molecular formula is C11H16O3. The lowest BCUT2D eigenvalue weighted by Crippen LogP contribution is -2.21. The van der Waals surface area contributed by atoms with Gasteiger partial charge in [0.1, 0.15) is 5.76 Å². The maximum atomic E-state index is 10.7. The molecule has 1 aromatic rings. The summed E-state index contributed by atoms with van der Waals surface area (Å²) in [6.07, 6.45) is 1.69. The van der Waals surface area contributed by atoms with Crippen LogP contribution in [-0.4, -0.2) is 11.1 Å². The Morgan fingerprint density at radius 1 is 1.57 bits per heavy atom. The highest BCUT2D eigenvalue weighted by molar-refractivity contribution is 5.68. The molecule has 1 unspecified atom stereocenters. The van der Waals surface area contributed by atoms with Crippen LogP contribution in [0.5, 0.6) is 0 Å². The molecule has 3 nitrogen and oxygen atoms in total. The van der Waals surface area contributed by atoms with Crippen molar-refractivity contribution in [3.05, 3.63) is 24.2 Å². The van der Waals surface area contributed by atoms with Crippen LogP contribution in [-0.2, 0) is 4.79 Å². The van der Waals surface area contributed by atoms with Crippen LogP contribution in [0.2, 0.25) is 0 Å². The zero-order valence-corrected chi connectivity index (χ0v) is 8.78. The minimum atomic E-state index is -0.790. The van der Waals surface area contributed by atoms with Crippen LogP contribution in [0.1, 0.15) is 38.9 Å². The van der Waals surface area contributed by atoms with Gasteiger partial charge in [-0.05, 0) is 17.5 Å². The molecule has 1 N–H and O–H groups in total. The van der Waals surface area contributed by atoms with Crippen LogP contribution in [0.25, 0.3) is 0 Å². The molecule has 0 aliphatic heterocycles. The van der Waals surface area contributed by atoms with E-state index in [0.717, 1.165) is 5.76 Å². The average Bonchev–Trinajstić information content (AvgIpc) is 2.49. The van der Waals surface area contributed by atoms with E-state index in [-0.39, 0.29) is 17.8 Å². The molecule has 78 valence electrons. The third kappa shape index (κ3) is 2.62. The zero-order chi connectivity index (χ0) is 10.8. The summed E-state index contributed by atoms with van der Waals surface area (Å²) in [5.41, 5.74) is -0.101. The SMILES string of the molecule is CC(C)(C)C(CC(=O)O)c1ccco1. The summed E-state index contributed by atoms with van der Waals surface area (Å²) in [5.74, 6) is -0.115. The largest absolute Gasteiger partial charge is 0.481 e. The van der Waals surface area contributed by atoms with E-state index in [1.807, 2.05) is 26.8 Å². The molecule has 0 bridgehead atoms. The summed E-state index contributed by atoms with van der Waals surface area (Å²) < 4.78 is 5.26. The topological polar surface area (TPSA) is 50.4 Å². The van der Waals surface area contributed by atoms with E-state index in [2.05, 4.69) is 0 Å². The molecule has 0 saturated carbocycles. The molecule has 1 atom stereocenters. The van der Waals surface area contributed by atoms with E-state index in [0.29, 0.717) is 0 Å². The fourth-order valence-electron chi connectivity index (χ4n) is 1.50. The van der Waals surface area contributed by atoms with Gasteiger partial charge in [-0.15, -0.1) is 0 Å². The molecular weight excluding hydrogens is 180 g/mol. The van der Waals surface area contributed by atoms with Crippen molar-refractivity contribution in [1.29, 1.82) is 0 Å². The summed E-state index contributed by atoms with van der Waals surface area (Å²) in [6.45, 7) is 6.05. The second kappa shape index (κ2) is 3.86. The quantitative estimate of drug-likeness (QED) is 0.808. The minimum Gasteiger partial charge on any atom is -0.481 e. The van der Waals surface area contributed by atoms with Crippen molar-refractivity contribution in [3.8, 4) is 0 Å². The second-order valence-electron chi connectivity index (χ2n) is 4.53. The summed E-state index contributed by atoms with van der Waals surface area (Å²) in [4.78, 5) is 10.7. The summed E-state index contributed by atoms with van der Waals surface area (Å²) in [7, 11) is 0. The van der Waals surface area contributed by atoms with E-state index in [1.54, 1.807) is 12.3 Å². The van der Waals surface area contributed by atoms with Gasteiger partial charge in [0, 0.05) is 5.92 Å². The number of rotatable bonds is 3. The molecule has 0 spiro atoms. The molecule has 0 aliphatic carbocycles. The van der Waals surface area contributed by atoms with Gasteiger partial charge < -0.3 is 9.52 Å². The summed E-state index contributed by atoms with van der Waals surface area (Å²) >= 11 is 0. The maximum Gasteiger partial charge on any atom is 0.304 e. The monoisotopic (exact) mass is 196 g/mol. The highest BCUT2D eigenvalue weighted by Gasteiger charge is 2.30. The first-order valence-electron chi connectivity index (χ1n) is 4.66. The predicted octanol–water partition coefficient (Wildman–Crippen LogP) is 2.88. The number of carboxylic acids is 1. The van der Waals surface area contributed by atoms with Crippen molar-refractivity contribution in [2.24, 2.45) is 5.41 Å². The third-order valence-corrected chi connectivity index (χ3v) is 2.31. The Morgan fingerprint density at radius 2 is 2.21 bits per heavy atom. The highest BCUT2D eigenvalue weighted by atomic mass is 16.4. The first-order chi connectivity index (χ1) is 6.41. The lowest BCUT2D eigenvalue weighted by Gasteiger charge is -2.27. The van der Waals surface area contributed by atoms with E-state index >= 15 is 0 Å². The Kier molecular flexibility index (Phi) is 2.99. The lowest BCUT2D eigenvalue weighted by atomic mass is 9.77. The molecule has 3 heteroatoms. The normalized spacial score (nSPS) is 13.9. The summed E-state index contributed by atoms with van der Waals surface area (Å²) in [5, 5.41) is 8.80. The van der Waals surface area contributed by atoms with Crippen molar-refractivity contribution < 1.29 is 14.3 Å². The van der Waals surface area contributed by atoms with Crippen LogP contribution in [0.3, 0.4) is 0 Å². The highest BCUT2D eigenvalue weighted by Crippen LogP contribution is 2.37. The van der Waals surface area contributed by atoms with Crippen LogP contribution in [0.15, 0.2) is 22.8 Å². The Balaban J connectivity index is 2.89. The molecule has 0 aliphatic rings. The van der Waals surface area contributed by atoms with Crippen molar-refractivity contribution in [1.82, 2.24) is 0 Å². The first kappa shape index (κ1) is 10.8. The molecule has 0 fully saturated rings. The van der Waals surface area contributed by atoms with Gasteiger partial charge in [-0.25, -0.2) is 0 Å². The molecule has 0 radical (unpaired) electrons. The fourth-order valence-corrected chi connectivity index (χ4v) is 1.50. The molecule has 1 rings (SSSR count). The Labute approximate surface area is 83.7 Å². The molecule has 0 aromatic carbocycles. The van der Waals surface area contributed by atoms with Gasteiger partial charge in [-0.1, -0.05) is 20.8 Å².